The Bertz CT molecular complexity index is 670. The Morgan fingerprint density at radius 3 is 2.74 bits per heavy atom. The molecule has 19 heavy (non-hydrogen) atoms. The van der Waals surface area contributed by atoms with Crippen molar-refractivity contribution in [1.29, 1.82) is 0 Å². The molecule has 0 atom stereocenters. The number of rotatable bonds is 2. The third kappa shape index (κ3) is 2.34. The van der Waals surface area contributed by atoms with Crippen LogP contribution in [0.2, 0.25) is 0 Å². The van der Waals surface area contributed by atoms with Gasteiger partial charge in [-0.3, -0.25) is 4.68 Å². The molecule has 0 aliphatic carbocycles. The monoisotopic (exact) mass is 271 g/mol. The summed E-state index contributed by atoms with van der Waals surface area (Å²) >= 11 is 1.66. The Labute approximate surface area is 114 Å². The van der Waals surface area contributed by atoms with Gasteiger partial charge in [-0.25, -0.2) is 9.97 Å². The van der Waals surface area contributed by atoms with Crippen molar-refractivity contribution in [2.75, 3.05) is 5.73 Å². The van der Waals surface area contributed by atoms with Gasteiger partial charge in [0, 0.05) is 29.8 Å². The van der Waals surface area contributed by atoms with Crippen LogP contribution in [0.5, 0.6) is 0 Å². The number of nitrogens with zero attached hydrogens (tertiary/aromatic N) is 4. The molecule has 0 amide bonds. The highest BCUT2D eigenvalue weighted by atomic mass is 32.1. The lowest BCUT2D eigenvalue weighted by molar-refractivity contribution is 0.768. The van der Waals surface area contributed by atoms with Crippen molar-refractivity contribution in [2.24, 2.45) is 7.05 Å². The van der Waals surface area contributed by atoms with E-state index >= 15 is 0 Å². The maximum Gasteiger partial charge on any atom is 0.172 e. The van der Waals surface area contributed by atoms with Crippen LogP contribution in [-0.2, 0) is 7.05 Å². The summed E-state index contributed by atoms with van der Waals surface area (Å²) in [4.78, 5) is 11.1. The van der Waals surface area contributed by atoms with Gasteiger partial charge < -0.3 is 5.73 Å². The van der Waals surface area contributed by atoms with Crippen molar-refractivity contribution in [3.05, 3.63) is 35.5 Å². The first kappa shape index (κ1) is 11.9. The quantitative estimate of drug-likeness (QED) is 0.777. The van der Waals surface area contributed by atoms with Gasteiger partial charge in [0.05, 0.1) is 16.8 Å². The van der Waals surface area contributed by atoms with Crippen molar-refractivity contribution in [3.8, 4) is 22.0 Å². The highest BCUT2D eigenvalue weighted by molar-refractivity contribution is 7.15. The Kier molecular flexibility index (Phi) is 2.79. The third-order valence-corrected chi connectivity index (χ3v) is 3.70. The number of hydrogen-bond donors (Lipinski definition) is 1. The van der Waals surface area contributed by atoms with E-state index in [0.29, 0.717) is 11.6 Å². The minimum Gasteiger partial charge on any atom is -0.384 e. The molecule has 0 aromatic carbocycles. The fourth-order valence-corrected chi connectivity index (χ4v) is 2.63. The van der Waals surface area contributed by atoms with Gasteiger partial charge >= 0.3 is 0 Å². The molecule has 0 radical (unpaired) electrons. The van der Waals surface area contributed by atoms with E-state index in [1.807, 2.05) is 19.3 Å². The van der Waals surface area contributed by atoms with Crippen molar-refractivity contribution in [3.63, 3.8) is 0 Å². The summed E-state index contributed by atoms with van der Waals surface area (Å²) < 4.78 is 1.74. The van der Waals surface area contributed by atoms with E-state index in [0.717, 1.165) is 16.1 Å². The molecular weight excluding hydrogens is 258 g/mol. The van der Waals surface area contributed by atoms with Crippen LogP contribution in [0.4, 0.5) is 5.82 Å². The summed E-state index contributed by atoms with van der Waals surface area (Å²) in [6, 6.07) is 5.83. The maximum atomic E-state index is 5.87. The molecule has 5 nitrogen and oxygen atoms in total. The van der Waals surface area contributed by atoms with E-state index in [4.69, 9.17) is 5.73 Å². The molecule has 0 unspecified atom stereocenters. The van der Waals surface area contributed by atoms with Crippen LogP contribution in [-0.4, -0.2) is 19.7 Å². The zero-order chi connectivity index (χ0) is 13.4. The fourth-order valence-electron chi connectivity index (χ4n) is 1.83. The third-order valence-electron chi connectivity index (χ3n) is 2.71. The Morgan fingerprint density at radius 1 is 1.26 bits per heavy atom. The van der Waals surface area contributed by atoms with Crippen molar-refractivity contribution >= 4 is 17.2 Å². The molecular formula is C13H13N5S. The largest absolute Gasteiger partial charge is 0.384 e. The summed E-state index contributed by atoms with van der Waals surface area (Å²) in [5, 5.41) is 4.15. The number of aromatic nitrogens is 4. The molecule has 3 heterocycles. The van der Waals surface area contributed by atoms with Gasteiger partial charge in [-0.15, -0.1) is 11.3 Å². The number of anilines is 1. The van der Waals surface area contributed by atoms with E-state index in [9.17, 15) is 0 Å². The molecule has 0 saturated carbocycles. The minimum absolute atomic E-state index is 0.468. The molecule has 3 aromatic rings. The molecule has 6 heteroatoms. The molecule has 0 aliphatic heterocycles. The molecule has 0 bridgehead atoms. The van der Waals surface area contributed by atoms with E-state index in [1.54, 1.807) is 28.3 Å². The lowest BCUT2D eigenvalue weighted by atomic mass is 10.2. The van der Waals surface area contributed by atoms with Gasteiger partial charge in [-0.2, -0.15) is 5.10 Å². The number of hydrogen-bond acceptors (Lipinski definition) is 5. The molecule has 2 N–H and O–H groups in total. The first-order valence-electron chi connectivity index (χ1n) is 5.82. The second kappa shape index (κ2) is 4.47. The summed E-state index contributed by atoms with van der Waals surface area (Å²) in [6.07, 6.45) is 3.68. The molecule has 3 aromatic heterocycles. The Morgan fingerprint density at radius 2 is 2.11 bits per heavy atom. The first-order chi connectivity index (χ1) is 9.11. The predicted molar refractivity (Wildman–Crippen MR) is 76.7 cm³/mol. The first-order valence-corrected chi connectivity index (χ1v) is 6.64. The topological polar surface area (TPSA) is 69.6 Å². The van der Waals surface area contributed by atoms with Crippen molar-refractivity contribution < 1.29 is 0 Å². The normalized spacial score (nSPS) is 10.8. The highest BCUT2D eigenvalue weighted by Gasteiger charge is 2.10. The summed E-state index contributed by atoms with van der Waals surface area (Å²) in [5.74, 6) is 1.13. The molecule has 0 aliphatic rings. The number of nitrogen functional groups attached to an aromatic ring is 1. The van der Waals surface area contributed by atoms with Gasteiger partial charge in [-0.05, 0) is 19.1 Å². The maximum absolute atomic E-state index is 5.87. The summed E-state index contributed by atoms with van der Waals surface area (Å²) in [7, 11) is 1.87. The summed E-state index contributed by atoms with van der Waals surface area (Å²) in [6.45, 7) is 2.06. The number of aryl methyl sites for hydroxylation is 2. The second-order valence-electron chi connectivity index (χ2n) is 4.31. The zero-order valence-corrected chi connectivity index (χ0v) is 11.5. The van der Waals surface area contributed by atoms with Crippen LogP contribution < -0.4 is 5.73 Å². The average Bonchev–Trinajstić information content (AvgIpc) is 2.97. The molecule has 0 fully saturated rings. The van der Waals surface area contributed by atoms with Gasteiger partial charge in [0.25, 0.3) is 0 Å². The van der Waals surface area contributed by atoms with Gasteiger partial charge in [0.2, 0.25) is 0 Å². The van der Waals surface area contributed by atoms with E-state index < -0.39 is 0 Å². The lowest BCUT2D eigenvalue weighted by Crippen LogP contribution is -1.96. The van der Waals surface area contributed by atoms with E-state index in [2.05, 4.69) is 28.1 Å². The van der Waals surface area contributed by atoms with Gasteiger partial charge in [0.1, 0.15) is 5.82 Å². The second-order valence-corrected chi connectivity index (χ2v) is 5.60. The van der Waals surface area contributed by atoms with Gasteiger partial charge in [-0.1, -0.05) is 0 Å². The van der Waals surface area contributed by atoms with Crippen LogP contribution in [0.3, 0.4) is 0 Å². The SMILES string of the molecule is Cc1ccc(-c2nc(N)cc(-c3cnn(C)c3)n2)s1. The van der Waals surface area contributed by atoms with E-state index in [-0.39, 0.29) is 0 Å². The van der Waals surface area contributed by atoms with Crippen molar-refractivity contribution in [2.45, 2.75) is 6.92 Å². The predicted octanol–water partition coefficient (Wildman–Crippen LogP) is 2.50. The van der Waals surface area contributed by atoms with Crippen molar-refractivity contribution in [1.82, 2.24) is 19.7 Å². The molecule has 0 saturated heterocycles. The van der Waals surface area contributed by atoms with Crippen LogP contribution >= 0.6 is 11.3 Å². The van der Waals surface area contributed by atoms with Crippen LogP contribution in [0.15, 0.2) is 30.6 Å². The average molecular weight is 271 g/mol. The lowest BCUT2D eigenvalue weighted by Gasteiger charge is -2.02. The molecule has 3 rings (SSSR count). The summed E-state index contributed by atoms with van der Waals surface area (Å²) in [5.41, 5.74) is 7.60. The number of nitrogens with two attached hydrogens (primary N) is 1. The van der Waals surface area contributed by atoms with Crippen LogP contribution in [0, 0.1) is 6.92 Å². The Hall–Kier alpha value is -2.21. The minimum atomic E-state index is 0.468. The number of thiophene rings is 1. The van der Waals surface area contributed by atoms with Gasteiger partial charge in [0.15, 0.2) is 5.82 Å². The zero-order valence-electron chi connectivity index (χ0n) is 10.7. The molecule has 0 spiro atoms. The smallest absolute Gasteiger partial charge is 0.172 e. The van der Waals surface area contributed by atoms with E-state index in [1.165, 1.54) is 4.88 Å². The standard InChI is InChI=1S/C13H13N5S/c1-8-3-4-11(19-8)13-16-10(5-12(14)17-13)9-6-15-18(2)7-9/h3-7H,1-2H3,(H2,14,16,17). The highest BCUT2D eigenvalue weighted by Crippen LogP contribution is 2.27. The Balaban J connectivity index is 2.10. The molecule has 96 valence electrons. The van der Waals surface area contributed by atoms with Crippen LogP contribution in [0.1, 0.15) is 4.88 Å². The van der Waals surface area contributed by atoms with Crippen LogP contribution in [0.25, 0.3) is 22.0 Å². The fraction of sp³-hybridized carbons (Fsp3) is 0.154.